The first-order valence-electron chi connectivity index (χ1n) is 5.47. The third-order valence-electron chi connectivity index (χ3n) is 3.03. The first-order valence-corrected chi connectivity index (χ1v) is 5.47. The van der Waals surface area contributed by atoms with E-state index in [-0.39, 0.29) is 0 Å². The summed E-state index contributed by atoms with van der Waals surface area (Å²) < 4.78 is 5.50. The Hall–Kier alpha value is -0.0800. The molecule has 0 saturated heterocycles. The molecular weight excluding hydrogens is 164 g/mol. The molecule has 1 N–H and O–H groups in total. The Kier molecular flexibility index (Phi) is 4.20. The molecular formula is C11H22O2. The van der Waals surface area contributed by atoms with E-state index in [9.17, 15) is 5.11 Å². The molecule has 0 amide bonds. The van der Waals surface area contributed by atoms with Gasteiger partial charge in [-0.3, -0.25) is 0 Å². The van der Waals surface area contributed by atoms with Crippen molar-refractivity contribution in [3.63, 3.8) is 0 Å². The molecule has 78 valence electrons. The van der Waals surface area contributed by atoms with Gasteiger partial charge in [-0.1, -0.05) is 19.8 Å². The minimum atomic E-state index is -0.480. The van der Waals surface area contributed by atoms with Crippen molar-refractivity contribution in [3.05, 3.63) is 0 Å². The summed E-state index contributed by atoms with van der Waals surface area (Å²) in [5, 5.41) is 10.1. The highest BCUT2D eigenvalue weighted by Crippen LogP contribution is 2.33. The van der Waals surface area contributed by atoms with Gasteiger partial charge in [-0.15, -0.1) is 0 Å². The molecule has 1 rings (SSSR count). The van der Waals surface area contributed by atoms with Crippen molar-refractivity contribution in [1.29, 1.82) is 0 Å². The molecule has 0 spiro atoms. The largest absolute Gasteiger partial charge is 0.390 e. The minimum Gasteiger partial charge on any atom is -0.390 e. The monoisotopic (exact) mass is 186 g/mol. The van der Waals surface area contributed by atoms with Crippen LogP contribution in [0.2, 0.25) is 0 Å². The van der Waals surface area contributed by atoms with Crippen LogP contribution in [-0.4, -0.2) is 23.9 Å². The molecule has 0 aromatic rings. The molecule has 2 nitrogen and oxygen atoms in total. The van der Waals surface area contributed by atoms with Crippen molar-refractivity contribution in [1.82, 2.24) is 0 Å². The summed E-state index contributed by atoms with van der Waals surface area (Å²) in [7, 11) is 0. The zero-order valence-corrected chi connectivity index (χ0v) is 8.88. The van der Waals surface area contributed by atoms with E-state index in [2.05, 4.69) is 6.92 Å². The topological polar surface area (TPSA) is 29.5 Å². The van der Waals surface area contributed by atoms with E-state index in [1.165, 1.54) is 6.42 Å². The van der Waals surface area contributed by atoms with Gasteiger partial charge in [0.1, 0.15) is 0 Å². The van der Waals surface area contributed by atoms with Gasteiger partial charge in [-0.05, 0) is 26.2 Å². The summed E-state index contributed by atoms with van der Waals surface area (Å²) in [6.07, 6.45) is 5.53. The highest BCUT2D eigenvalue weighted by atomic mass is 16.5. The molecule has 1 fully saturated rings. The minimum absolute atomic E-state index is 0.354. The molecule has 1 saturated carbocycles. The van der Waals surface area contributed by atoms with Gasteiger partial charge >= 0.3 is 0 Å². The lowest BCUT2D eigenvalue weighted by Gasteiger charge is -2.36. The Morgan fingerprint density at radius 2 is 2.23 bits per heavy atom. The van der Waals surface area contributed by atoms with E-state index in [4.69, 9.17) is 4.74 Å². The van der Waals surface area contributed by atoms with E-state index >= 15 is 0 Å². The maximum Gasteiger partial charge on any atom is 0.0669 e. The van der Waals surface area contributed by atoms with Gasteiger partial charge in [0.25, 0.3) is 0 Å². The zero-order valence-electron chi connectivity index (χ0n) is 8.88. The van der Waals surface area contributed by atoms with Crippen molar-refractivity contribution in [2.24, 2.45) is 5.92 Å². The SMILES string of the molecule is CCCOCC1CCCCC1(C)O. The Labute approximate surface area is 81.3 Å². The third kappa shape index (κ3) is 3.28. The Morgan fingerprint density at radius 3 is 2.85 bits per heavy atom. The van der Waals surface area contributed by atoms with Crippen LogP contribution in [0.5, 0.6) is 0 Å². The van der Waals surface area contributed by atoms with Crippen LogP contribution in [-0.2, 0) is 4.74 Å². The molecule has 1 aliphatic carbocycles. The highest BCUT2D eigenvalue weighted by molar-refractivity contribution is 4.85. The summed E-state index contributed by atoms with van der Waals surface area (Å²) in [5.74, 6) is 0.354. The van der Waals surface area contributed by atoms with E-state index < -0.39 is 5.60 Å². The Bertz CT molecular complexity index is 143. The lowest BCUT2D eigenvalue weighted by atomic mass is 9.77. The average Bonchev–Trinajstić information content (AvgIpc) is 2.08. The predicted octanol–water partition coefficient (Wildman–Crippen LogP) is 2.35. The molecule has 0 radical (unpaired) electrons. The molecule has 2 heteroatoms. The van der Waals surface area contributed by atoms with Gasteiger partial charge in [-0.2, -0.15) is 0 Å². The van der Waals surface area contributed by atoms with Gasteiger partial charge in [-0.25, -0.2) is 0 Å². The summed E-state index contributed by atoms with van der Waals surface area (Å²) in [5.41, 5.74) is -0.480. The van der Waals surface area contributed by atoms with Crippen molar-refractivity contribution >= 4 is 0 Å². The first-order chi connectivity index (χ1) is 6.17. The van der Waals surface area contributed by atoms with Crippen LogP contribution in [0.25, 0.3) is 0 Å². The second kappa shape index (κ2) is 4.97. The molecule has 2 atom stereocenters. The van der Waals surface area contributed by atoms with Crippen molar-refractivity contribution in [2.45, 2.75) is 51.6 Å². The summed E-state index contributed by atoms with van der Waals surface area (Å²) >= 11 is 0. The molecule has 0 aromatic carbocycles. The summed E-state index contributed by atoms with van der Waals surface area (Å²) in [4.78, 5) is 0. The van der Waals surface area contributed by atoms with Gasteiger partial charge < -0.3 is 9.84 Å². The molecule has 0 aromatic heterocycles. The van der Waals surface area contributed by atoms with Crippen LogP contribution in [0.15, 0.2) is 0 Å². The van der Waals surface area contributed by atoms with E-state index in [1.807, 2.05) is 6.92 Å². The van der Waals surface area contributed by atoms with E-state index in [1.54, 1.807) is 0 Å². The molecule has 1 aliphatic rings. The average molecular weight is 186 g/mol. The van der Waals surface area contributed by atoms with Crippen LogP contribution in [0.3, 0.4) is 0 Å². The maximum absolute atomic E-state index is 10.1. The molecule has 13 heavy (non-hydrogen) atoms. The fourth-order valence-corrected chi connectivity index (χ4v) is 2.02. The van der Waals surface area contributed by atoms with Crippen molar-refractivity contribution < 1.29 is 9.84 Å². The second-order valence-corrected chi connectivity index (χ2v) is 4.37. The standard InChI is InChI=1S/C11H22O2/c1-3-8-13-9-10-6-4-5-7-11(10,2)12/h10,12H,3-9H2,1-2H3. The first kappa shape index (κ1) is 11.0. The third-order valence-corrected chi connectivity index (χ3v) is 3.03. The van der Waals surface area contributed by atoms with Crippen LogP contribution in [0.1, 0.15) is 46.0 Å². The van der Waals surface area contributed by atoms with Crippen LogP contribution in [0.4, 0.5) is 0 Å². The van der Waals surface area contributed by atoms with E-state index in [0.29, 0.717) is 5.92 Å². The predicted molar refractivity (Wildman–Crippen MR) is 53.7 cm³/mol. The smallest absolute Gasteiger partial charge is 0.0669 e. The zero-order chi connectivity index (χ0) is 9.73. The van der Waals surface area contributed by atoms with E-state index in [0.717, 1.165) is 38.9 Å². The lowest BCUT2D eigenvalue weighted by Crippen LogP contribution is -2.40. The fourth-order valence-electron chi connectivity index (χ4n) is 2.02. The van der Waals surface area contributed by atoms with Crippen LogP contribution < -0.4 is 0 Å². The normalized spacial score (nSPS) is 34.8. The number of aliphatic hydroxyl groups is 1. The Balaban J connectivity index is 2.29. The molecule has 0 heterocycles. The van der Waals surface area contributed by atoms with Gasteiger partial charge in [0.2, 0.25) is 0 Å². The van der Waals surface area contributed by atoms with Crippen LogP contribution in [0, 0.1) is 5.92 Å². The van der Waals surface area contributed by atoms with Gasteiger partial charge in [0.05, 0.1) is 12.2 Å². The van der Waals surface area contributed by atoms with Crippen LogP contribution >= 0.6 is 0 Å². The molecule has 0 bridgehead atoms. The van der Waals surface area contributed by atoms with Gasteiger partial charge in [0, 0.05) is 12.5 Å². The number of rotatable bonds is 4. The van der Waals surface area contributed by atoms with Crippen molar-refractivity contribution in [2.75, 3.05) is 13.2 Å². The summed E-state index contributed by atoms with van der Waals surface area (Å²) in [6.45, 7) is 5.62. The summed E-state index contributed by atoms with van der Waals surface area (Å²) in [6, 6.07) is 0. The number of ether oxygens (including phenoxy) is 1. The highest BCUT2D eigenvalue weighted by Gasteiger charge is 2.34. The number of hydrogen-bond acceptors (Lipinski definition) is 2. The quantitative estimate of drug-likeness (QED) is 0.683. The molecule has 0 aliphatic heterocycles. The Morgan fingerprint density at radius 1 is 1.46 bits per heavy atom. The second-order valence-electron chi connectivity index (χ2n) is 4.37. The van der Waals surface area contributed by atoms with Crippen molar-refractivity contribution in [3.8, 4) is 0 Å². The molecule has 2 unspecified atom stereocenters. The number of hydrogen-bond donors (Lipinski definition) is 1. The fraction of sp³-hybridized carbons (Fsp3) is 1.00. The lowest BCUT2D eigenvalue weighted by molar-refractivity contribution is -0.0663. The van der Waals surface area contributed by atoms with Gasteiger partial charge in [0.15, 0.2) is 0 Å². The maximum atomic E-state index is 10.1.